The second kappa shape index (κ2) is 8.83. The number of hydrogen-bond acceptors (Lipinski definition) is 5. The quantitative estimate of drug-likeness (QED) is 0.504. The van der Waals surface area contributed by atoms with Crippen LogP contribution in [-0.4, -0.2) is 26.2 Å². The standard InChI is InChI=1S/C26H27N3O3/c1-4-22-23(26(24(22)31,32-19(2)30)25-27-15-16-28(25)3)29(17-20-11-7-5-8-12-20)18-21-13-9-6-10-14-21/h5-16H,4,17-18H2,1-3H3. The number of rotatable bonds is 8. The van der Waals surface area contributed by atoms with Gasteiger partial charge in [0, 0.05) is 45.0 Å². The summed E-state index contributed by atoms with van der Waals surface area (Å²) in [7, 11) is 1.81. The number of nitrogens with zero attached hydrogens (tertiary/aromatic N) is 3. The van der Waals surface area contributed by atoms with E-state index < -0.39 is 11.6 Å². The maximum Gasteiger partial charge on any atom is 0.304 e. The van der Waals surface area contributed by atoms with Gasteiger partial charge >= 0.3 is 5.97 Å². The van der Waals surface area contributed by atoms with Crippen molar-refractivity contribution in [1.29, 1.82) is 0 Å². The summed E-state index contributed by atoms with van der Waals surface area (Å²) in [6.45, 7) is 4.41. The topological polar surface area (TPSA) is 64.4 Å². The smallest absolute Gasteiger partial charge is 0.304 e. The highest BCUT2D eigenvalue weighted by atomic mass is 16.6. The number of carbonyl (C=O) groups excluding carboxylic acids is 2. The molecule has 0 saturated carbocycles. The first kappa shape index (κ1) is 21.6. The SMILES string of the molecule is CCC1=C(N(Cc2ccccc2)Cc2ccccc2)C(OC(C)=O)(c2nccn2C)C1=O. The van der Waals surface area contributed by atoms with Crippen LogP contribution in [0.25, 0.3) is 0 Å². The molecule has 0 spiro atoms. The average Bonchev–Trinajstić information content (AvgIpc) is 3.22. The predicted molar refractivity (Wildman–Crippen MR) is 121 cm³/mol. The van der Waals surface area contributed by atoms with E-state index in [1.807, 2.05) is 43.3 Å². The molecule has 4 rings (SSSR count). The van der Waals surface area contributed by atoms with E-state index in [-0.39, 0.29) is 5.78 Å². The summed E-state index contributed by atoms with van der Waals surface area (Å²) in [6, 6.07) is 20.2. The Bertz CT molecular complexity index is 1110. The lowest BCUT2D eigenvalue weighted by atomic mass is 9.72. The van der Waals surface area contributed by atoms with Gasteiger partial charge in [-0.2, -0.15) is 0 Å². The molecule has 0 bridgehead atoms. The first-order valence-corrected chi connectivity index (χ1v) is 10.8. The first-order valence-electron chi connectivity index (χ1n) is 10.8. The fourth-order valence-electron chi connectivity index (χ4n) is 4.41. The van der Waals surface area contributed by atoms with Gasteiger partial charge in [0.25, 0.3) is 5.60 Å². The number of hydrogen-bond donors (Lipinski definition) is 0. The number of Topliss-reactive ketones (excluding diaryl/α,β-unsaturated/α-hetero) is 1. The predicted octanol–water partition coefficient (Wildman–Crippen LogP) is 4.13. The molecule has 1 heterocycles. The third-order valence-corrected chi connectivity index (χ3v) is 5.75. The molecule has 1 aliphatic rings. The number of aromatic nitrogens is 2. The largest absolute Gasteiger partial charge is 0.436 e. The van der Waals surface area contributed by atoms with Gasteiger partial charge in [-0.25, -0.2) is 4.98 Å². The number of esters is 1. The lowest BCUT2D eigenvalue weighted by Crippen LogP contribution is -2.57. The highest BCUT2D eigenvalue weighted by Crippen LogP contribution is 2.49. The number of aryl methyl sites for hydroxylation is 1. The molecular formula is C26H27N3O3. The lowest BCUT2D eigenvalue weighted by molar-refractivity contribution is -0.168. The number of benzene rings is 2. The van der Waals surface area contributed by atoms with Crippen molar-refractivity contribution in [1.82, 2.24) is 14.5 Å². The zero-order valence-corrected chi connectivity index (χ0v) is 18.6. The van der Waals surface area contributed by atoms with Gasteiger partial charge in [0.1, 0.15) is 0 Å². The summed E-state index contributed by atoms with van der Waals surface area (Å²) in [5.74, 6) is -0.310. The Labute approximate surface area is 188 Å². The summed E-state index contributed by atoms with van der Waals surface area (Å²) >= 11 is 0. The number of carbonyl (C=O) groups is 2. The van der Waals surface area contributed by atoms with Crippen LogP contribution in [0.4, 0.5) is 0 Å². The minimum absolute atomic E-state index is 0.203. The Kier molecular flexibility index (Phi) is 5.95. The summed E-state index contributed by atoms with van der Waals surface area (Å²) < 4.78 is 7.59. The molecule has 164 valence electrons. The molecular weight excluding hydrogens is 402 g/mol. The Morgan fingerprint density at radius 1 is 1.03 bits per heavy atom. The van der Waals surface area contributed by atoms with Gasteiger partial charge in [0.05, 0.1) is 5.70 Å². The molecule has 2 aromatic carbocycles. The van der Waals surface area contributed by atoms with Gasteiger partial charge in [-0.15, -0.1) is 0 Å². The zero-order valence-electron chi connectivity index (χ0n) is 18.6. The molecule has 1 atom stereocenters. The molecule has 0 saturated heterocycles. The molecule has 6 nitrogen and oxygen atoms in total. The van der Waals surface area contributed by atoms with Crippen LogP contribution in [0.2, 0.25) is 0 Å². The van der Waals surface area contributed by atoms with Crippen molar-refractivity contribution in [2.45, 2.75) is 39.0 Å². The first-order chi connectivity index (χ1) is 15.5. The van der Waals surface area contributed by atoms with Gasteiger partial charge in [0.15, 0.2) is 5.82 Å². The fourth-order valence-corrected chi connectivity index (χ4v) is 4.41. The summed E-state index contributed by atoms with van der Waals surface area (Å²) in [5, 5.41) is 0. The van der Waals surface area contributed by atoms with Crippen LogP contribution in [0.3, 0.4) is 0 Å². The Balaban J connectivity index is 1.87. The highest BCUT2D eigenvalue weighted by molar-refractivity contribution is 6.13. The van der Waals surface area contributed by atoms with Crippen molar-refractivity contribution < 1.29 is 14.3 Å². The fraction of sp³-hybridized carbons (Fsp3) is 0.269. The van der Waals surface area contributed by atoms with Crippen LogP contribution in [0.5, 0.6) is 0 Å². The molecule has 1 aromatic heterocycles. The normalized spacial score (nSPS) is 17.8. The van der Waals surface area contributed by atoms with Crippen molar-refractivity contribution in [2.75, 3.05) is 0 Å². The van der Waals surface area contributed by atoms with Crippen LogP contribution in [0.1, 0.15) is 37.2 Å². The molecule has 3 aromatic rings. The maximum atomic E-state index is 13.5. The molecule has 1 aliphatic carbocycles. The molecule has 0 aliphatic heterocycles. The van der Waals surface area contributed by atoms with Crippen molar-refractivity contribution in [3.8, 4) is 0 Å². The van der Waals surface area contributed by atoms with E-state index in [1.165, 1.54) is 6.92 Å². The Morgan fingerprint density at radius 2 is 1.59 bits per heavy atom. The average molecular weight is 430 g/mol. The van der Waals surface area contributed by atoms with E-state index in [9.17, 15) is 9.59 Å². The molecule has 0 N–H and O–H groups in total. The van der Waals surface area contributed by atoms with Gasteiger partial charge < -0.3 is 14.2 Å². The van der Waals surface area contributed by atoms with E-state index in [2.05, 4.69) is 34.1 Å². The van der Waals surface area contributed by atoms with E-state index in [0.717, 1.165) is 11.1 Å². The number of ether oxygens (including phenoxy) is 1. The molecule has 0 amide bonds. The zero-order chi connectivity index (χ0) is 22.7. The van der Waals surface area contributed by atoms with Crippen LogP contribution in [0, 0.1) is 0 Å². The lowest BCUT2D eigenvalue weighted by Gasteiger charge is -2.47. The van der Waals surface area contributed by atoms with E-state index in [4.69, 9.17) is 4.74 Å². The minimum Gasteiger partial charge on any atom is -0.436 e. The molecule has 0 radical (unpaired) electrons. The second-order valence-corrected chi connectivity index (χ2v) is 7.97. The highest BCUT2D eigenvalue weighted by Gasteiger charge is 2.61. The van der Waals surface area contributed by atoms with Gasteiger partial charge in [0.2, 0.25) is 5.78 Å². The van der Waals surface area contributed by atoms with Gasteiger partial charge in [-0.3, -0.25) is 9.59 Å². The minimum atomic E-state index is -1.54. The van der Waals surface area contributed by atoms with Gasteiger partial charge in [-0.1, -0.05) is 67.6 Å². The van der Waals surface area contributed by atoms with Crippen LogP contribution >= 0.6 is 0 Å². The third-order valence-electron chi connectivity index (χ3n) is 5.75. The second-order valence-electron chi connectivity index (χ2n) is 7.97. The van der Waals surface area contributed by atoms with E-state index >= 15 is 0 Å². The third kappa shape index (κ3) is 3.73. The van der Waals surface area contributed by atoms with E-state index in [0.29, 0.717) is 36.6 Å². The summed E-state index contributed by atoms with van der Waals surface area (Å²) in [5.41, 5.74) is 2.03. The van der Waals surface area contributed by atoms with Crippen molar-refractivity contribution in [3.05, 3.63) is 101 Å². The Morgan fingerprint density at radius 3 is 2.03 bits per heavy atom. The molecule has 6 heteroatoms. The van der Waals surface area contributed by atoms with Crippen molar-refractivity contribution >= 4 is 11.8 Å². The molecule has 1 unspecified atom stereocenters. The number of imidazole rings is 1. The van der Waals surface area contributed by atoms with Crippen LogP contribution in [-0.2, 0) is 40.1 Å². The number of ketones is 1. The molecule has 32 heavy (non-hydrogen) atoms. The Hall–Kier alpha value is -3.67. The van der Waals surface area contributed by atoms with Gasteiger partial charge in [-0.05, 0) is 17.5 Å². The van der Waals surface area contributed by atoms with Crippen molar-refractivity contribution in [3.63, 3.8) is 0 Å². The van der Waals surface area contributed by atoms with Crippen LogP contribution in [0.15, 0.2) is 84.3 Å². The maximum absolute atomic E-state index is 13.5. The summed E-state index contributed by atoms with van der Waals surface area (Å²) in [6.07, 6.45) is 3.92. The van der Waals surface area contributed by atoms with E-state index in [1.54, 1.807) is 24.0 Å². The monoisotopic (exact) mass is 429 g/mol. The molecule has 0 fully saturated rings. The van der Waals surface area contributed by atoms with Crippen LogP contribution < -0.4 is 0 Å². The van der Waals surface area contributed by atoms with Crippen molar-refractivity contribution in [2.24, 2.45) is 7.05 Å². The summed E-state index contributed by atoms with van der Waals surface area (Å²) in [4.78, 5) is 32.3.